The molecule has 1 saturated heterocycles. The topological polar surface area (TPSA) is 107 Å². The van der Waals surface area contributed by atoms with Crippen molar-refractivity contribution in [2.45, 2.75) is 24.9 Å². The van der Waals surface area contributed by atoms with E-state index in [1.54, 1.807) is 30.3 Å². The second-order valence-corrected chi connectivity index (χ2v) is 10.9. The smallest absolute Gasteiger partial charge is 0.269 e. The lowest BCUT2D eigenvalue weighted by molar-refractivity contribution is -0.384. The summed E-state index contributed by atoms with van der Waals surface area (Å²) in [5.74, 6) is -1.46. The number of Topliss-reactive ketones (excluding diaryl/α,β-unsaturated/α-hetero) is 3. The molecule has 0 bridgehead atoms. The van der Waals surface area contributed by atoms with Crippen LogP contribution in [0.2, 0.25) is 0 Å². The van der Waals surface area contributed by atoms with Crippen molar-refractivity contribution in [3.05, 3.63) is 141 Å². The van der Waals surface area contributed by atoms with Crippen molar-refractivity contribution in [2.24, 2.45) is 5.41 Å². The number of carbonyl (C=O) groups is 3. The summed E-state index contributed by atoms with van der Waals surface area (Å²) in [6.07, 6.45) is 3.77. The number of hydrogen-bond acceptors (Lipinski definition) is 7. The quantitative estimate of drug-likeness (QED) is 0.116. The molecule has 0 aromatic heterocycles. The highest BCUT2D eigenvalue weighted by molar-refractivity contribution is 6.32. The molecule has 0 saturated carbocycles. The van der Waals surface area contributed by atoms with Crippen LogP contribution in [0, 0.1) is 15.5 Å². The SMILES string of the molecule is CCOc1ccccc1[C@H]1[C@@H](C(=O)c2ccc([N+](=O)[O-])cc2)N2c3ccccc3C=C[C@@H]2C12C(=O)c1ccccc1C2=O. The van der Waals surface area contributed by atoms with E-state index in [9.17, 15) is 24.5 Å². The Morgan fingerprint density at radius 3 is 2.19 bits per heavy atom. The Morgan fingerprint density at radius 1 is 0.884 bits per heavy atom. The van der Waals surface area contributed by atoms with Crippen LogP contribution < -0.4 is 9.64 Å². The number of rotatable bonds is 6. The fourth-order valence-corrected chi connectivity index (χ4v) is 7.20. The molecule has 4 aromatic rings. The van der Waals surface area contributed by atoms with Gasteiger partial charge >= 0.3 is 0 Å². The number of fused-ring (bicyclic) bond motifs is 5. The van der Waals surface area contributed by atoms with Crippen LogP contribution in [0.5, 0.6) is 5.75 Å². The summed E-state index contributed by atoms with van der Waals surface area (Å²) >= 11 is 0. The van der Waals surface area contributed by atoms with Crippen molar-refractivity contribution < 1.29 is 24.0 Å². The third kappa shape index (κ3) is 3.65. The van der Waals surface area contributed by atoms with E-state index in [1.165, 1.54) is 24.3 Å². The third-order valence-corrected chi connectivity index (χ3v) is 8.90. The van der Waals surface area contributed by atoms with E-state index < -0.39 is 28.3 Å². The van der Waals surface area contributed by atoms with Crippen molar-refractivity contribution >= 4 is 34.8 Å². The molecule has 3 aliphatic rings. The lowest BCUT2D eigenvalue weighted by Crippen LogP contribution is -2.48. The monoisotopic (exact) mass is 570 g/mol. The van der Waals surface area contributed by atoms with Gasteiger partial charge in [-0.1, -0.05) is 72.8 Å². The Labute approximate surface area is 247 Å². The van der Waals surface area contributed by atoms with Gasteiger partial charge in [0.25, 0.3) is 5.69 Å². The van der Waals surface area contributed by atoms with Gasteiger partial charge in [-0.15, -0.1) is 0 Å². The molecule has 1 fully saturated rings. The van der Waals surface area contributed by atoms with Gasteiger partial charge in [-0.25, -0.2) is 0 Å². The molecule has 0 unspecified atom stereocenters. The zero-order chi connectivity index (χ0) is 29.9. The Balaban J connectivity index is 1.54. The molecule has 3 atom stereocenters. The molecule has 7 rings (SSSR count). The first-order valence-corrected chi connectivity index (χ1v) is 14.1. The van der Waals surface area contributed by atoms with Crippen molar-refractivity contribution in [2.75, 3.05) is 11.5 Å². The fourth-order valence-electron chi connectivity index (χ4n) is 7.20. The van der Waals surface area contributed by atoms with E-state index in [0.717, 1.165) is 11.3 Å². The molecule has 1 spiro atoms. The predicted octanol–water partition coefficient (Wildman–Crippen LogP) is 6.31. The van der Waals surface area contributed by atoms with E-state index >= 15 is 0 Å². The summed E-state index contributed by atoms with van der Waals surface area (Å²) in [4.78, 5) is 57.1. The van der Waals surface area contributed by atoms with Crippen LogP contribution in [0.3, 0.4) is 0 Å². The van der Waals surface area contributed by atoms with Gasteiger partial charge in [0.1, 0.15) is 17.2 Å². The lowest BCUT2D eigenvalue weighted by Gasteiger charge is -2.37. The first-order valence-electron chi connectivity index (χ1n) is 14.1. The molecule has 43 heavy (non-hydrogen) atoms. The molecule has 2 heterocycles. The summed E-state index contributed by atoms with van der Waals surface area (Å²) < 4.78 is 6.05. The summed E-state index contributed by atoms with van der Waals surface area (Å²) in [5, 5.41) is 11.4. The maximum absolute atomic E-state index is 14.8. The molecule has 2 aliphatic heterocycles. The van der Waals surface area contributed by atoms with Gasteiger partial charge in [0.15, 0.2) is 17.3 Å². The second-order valence-electron chi connectivity index (χ2n) is 10.9. The number of carbonyl (C=O) groups excluding carboxylic acids is 3. The highest BCUT2D eigenvalue weighted by Gasteiger charge is 2.71. The normalized spacial score (nSPS) is 21.0. The Morgan fingerprint density at radius 2 is 1.51 bits per heavy atom. The standard InChI is InChI=1S/C35H26N2O6/c1-2-43-28-14-8-6-12-26(28)30-31(32(38)22-15-18-23(19-16-22)37(41)42)36-27-13-7-3-9-21(27)17-20-29(36)35(30)33(39)24-10-4-5-11-25(24)34(35)40/h3-20,29-31H,2H2,1H3/t29-,30+,31+/m1/s1. The summed E-state index contributed by atoms with van der Waals surface area (Å²) in [6, 6.07) is 25.3. The third-order valence-electron chi connectivity index (χ3n) is 8.90. The number of para-hydroxylation sites is 2. The molecular formula is C35H26N2O6. The number of benzene rings is 4. The van der Waals surface area contributed by atoms with Crippen molar-refractivity contribution in [1.29, 1.82) is 0 Å². The van der Waals surface area contributed by atoms with Gasteiger partial charge in [-0.3, -0.25) is 24.5 Å². The lowest BCUT2D eigenvalue weighted by atomic mass is 9.64. The summed E-state index contributed by atoms with van der Waals surface area (Å²) in [5.41, 5.74) is 1.27. The number of ketones is 3. The maximum atomic E-state index is 14.8. The molecule has 0 radical (unpaired) electrons. The van der Waals surface area contributed by atoms with Crippen molar-refractivity contribution in [1.82, 2.24) is 0 Å². The van der Waals surface area contributed by atoms with Crippen LogP contribution >= 0.6 is 0 Å². The molecule has 0 N–H and O–H groups in total. The van der Waals surface area contributed by atoms with E-state index in [4.69, 9.17) is 4.74 Å². The Bertz CT molecular complexity index is 1830. The number of nitro groups is 1. The number of non-ortho nitro benzene ring substituents is 1. The Hall–Kier alpha value is -5.37. The fraction of sp³-hybridized carbons (Fsp3) is 0.171. The number of nitro benzene ring substituents is 1. The van der Waals surface area contributed by atoms with Gasteiger partial charge in [0, 0.05) is 46.0 Å². The molecule has 8 nitrogen and oxygen atoms in total. The minimum atomic E-state index is -1.66. The van der Waals surface area contributed by atoms with Gasteiger partial charge < -0.3 is 9.64 Å². The number of nitrogens with zero attached hydrogens (tertiary/aromatic N) is 2. The van der Waals surface area contributed by atoms with E-state index in [-0.39, 0.29) is 28.6 Å². The average Bonchev–Trinajstić information content (AvgIpc) is 3.47. The van der Waals surface area contributed by atoms with E-state index in [2.05, 4.69) is 0 Å². The summed E-state index contributed by atoms with van der Waals surface area (Å²) in [6.45, 7) is 2.19. The maximum Gasteiger partial charge on any atom is 0.269 e. The minimum Gasteiger partial charge on any atom is -0.494 e. The van der Waals surface area contributed by atoms with E-state index in [1.807, 2.05) is 66.4 Å². The zero-order valence-electron chi connectivity index (χ0n) is 23.2. The van der Waals surface area contributed by atoms with E-state index in [0.29, 0.717) is 29.0 Å². The number of anilines is 1. The molecular weight excluding hydrogens is 544 g/mol. The van der Waals surface area contributed by atoms with Crippen LogP contribution in [0.1, 0.15) is 55.0 Å². The van der Waals surface area contributed by atoms with Gasteiger partial charge in [-0.2, -0.15) is 0 Å². The van der Waals surface area contributed by atoms with Crippen LogP contribution in [0.15, 0.2) is 103 Å². The number of hydrogen-bond donors (Lipinski definition) is 0. The second kappa shape index (κ2) is 9.87. The number of ether oxygens (including phenoxy) is 1. The van der Waals surface area contributed by atoms with Gasteiger partial charge in [0.05, 0.1) is 17.6 Å². The molecule has 1 aliphatic carbocycles. The molecule has 212 valence electrons. The first kappa shape index (κ1) is 26.5. The average molecular weight is 571 g/mol. The van der Waals surface area contributed by atoms with Crippen molar-refractivity contribution in [3.63, 3.8) is 0 Å². The van der Waals surface area contributed by atoms with Crippen molar-refractivity contribution in [3.8, 4) is 5.75 Å². The van der Waals surface area contributed by atoms with Crippen LogP contribution in [0.4, 0.5) is 11.4 Å². The minimum absolute atomic E-state index is 0.140. The molecule has 8 heteroatoms. The predicted molar refractivity (Wildman–Crippen MR) is 161 cm³/mol. The van der Waals surface area contributed by atoms with Gasteiger partial charge in [0.2, 0.25) is 0 Å². The molecule has 4 aromatic carbocycles. The van der Waals surface area contributed by atoms with Crippen LogP contribution in [-0.4, -0.2) is 41.0 Å². The Kier molecular flexibility index (Phi) is 6.09. The molecule has 0 amide bonds. The summed E-state index contributed by atoms with van der Waals surface area (Å²) in [7, 11) is 0. The zero-order valence-corrected chi connectivity index (χ0v) is 23.2. The van der Waals surface area contributed by atoms with Gasteiger partial charge in [-0.05, 0) is 36.8 Å². The first-order chi connectivity index (χ1) is 20.9. The van der Waals surface area contributed by atoms with Crippen LogP contribution in [0.25, 0.3) is 6.08 Å². The largest absolute Gasteiger partial charge is 0.494 e. The highest BCUT2D eigenvalue weighted by Crippen LogP contribution is 2.62. The highest BCUT2D eigenvalue weighted by atomic mass is 16.6. The van der Waals surface area contributed by atoms with Crippen LogP contribution in [-0.2, 0) is 0 Å².